The molecule has 1 saturated heterocycles. The molecule has 3 heterocycles. The summed E-state index contributed by atoms with van der Waals surface area (Å²) in [5.74, 6) is -0.139. The van der Waals surface area contributed by atoms with Gasteiger partial charge in [0.15, 0.2) is 11.5 Å². The minimum Gasteiger partial charge on any atom is -0.449 e. The van der Waals surface area contributed by atoms with Gasteiger partial charge in [-0.05, 0) is 25.3 Å². The number of imidazole rings is 1. The number of halogens is 3. The van der Waals surface area contributed by atoms with Crippen LogP contribution in [-0.2, 0) is 0 Å². The lowest BCUT2D eigenvalue weighted by Gasteiger charge is -2.30. The Morgan fingerprint density at radius 2 is 1.97 bits per heavy atom. The van der Waals surface area contributed by atoms with Crippen molar-refractivity contribution in [2.24, 2.45) is 0 Å². The summed E-state index contributed by atoms with van der Waals surface area (Å²) >= 11 is 0. The molecule has 2 N–H and O–H groups in total. The monoisotopic (exact) mass is 411 g/mol. The second kappa shape index (κ2) is 7.18. The molecule has 154 valence electrons. The SMILES string of the molecule is O=C(O)Oc1cnn(-c2nc3cc(N4CCCCC4)c(OC(F)(F)F)cc3[nH]2)c1. The van der Waals surface area contributed by atoms with E-state index in [1.165, 1.54) is 23.1 Å². The molecule has 12 heteroatoms. The first-order valence-corrected chi connectivity index (χ1v) is 8.79. The third-order valence-electron chi connectivity index (χ3n) is 4.45. The first-order valence-electron chi connectivity index (χ1n) is 8.79. The number of hydrogen-bond donors (Lipinski definition) is 2. The average molecular weight is 411 g/mol. The molecule has 0 atom stereocenters. The molecular weight excluding hydrogens is 395 g/mol. The van der Waals surface area contributed by atoms with Crippen LogP contribution in [0.15, 0.2) is 24.5 Å². The van der Waals surface area contributed by atoms with Gasteiger partial charge in [0, 0.05) is 19.2 Å². The number of hydrogen-bond acceptors (Lipinski definition) is 6. The third kappa shape index (κ3) is 4.20. The molecule has 4 rings (SSSR count). The quantitative estimate of drug-likeness (QED) is 0.631. The van der Waals surface area contributed by atoms with Crippen LogP contribution >= 0.6 is 0 Å². The van der Waals surface area contributed by atoms with Crippen molar-refractivity contribution in [2.45, 2.75) is 25.6 Å². The molecule has 1 aliphatic heterocycles. The Balaban J connectivity index is 1.73. The van der Waals surface area contributed by atoms with Crippen molar-refractivity contribution >= 4 is 22.9 Å². The minimum atomic E-state index is -4.83. The van der Waals surface area contributed by atoms with Gasteiger partial charge in [0.25, 0.3) is 0 Å². The van der Waals surface area contributed by atoms with Crippen molar-refractivity contribution in [2.75, 3.05) is 18.0 Å². The van der Waals surface area contributed by atoms with Crippen LogP contribution in [0.1, 0.15) is 19.3 Å². The van der Waals surface area contributed by atoms with Crippen molar-refractivity contribution in [1.29, 1.82) is 0 Å². The van der Waals surface area contributed by atoms with E-state index >= 15 is 0 Å². The number of carboxylic acid groups (broad SMARTS) is 1. The summed E-state index contributed by atoms with van der Waals surface area (Å²) in [6, 6.07) is 2.79. The number of nitrogens with zero attached hydrogens (tertiary/aromatic N) is 4. The number of rotatable bonds is 4. The summed E-state index contributed by atoms with van der Waals surface area (Å²) in [4.78, 5) is 19.7. The van der Waals surface area contributed by atoms with Crippen molar-refractivity contribution in [3.8, 4) is 17.4 Å². The molecule has 0 aliphatic carbocycles. The maximum Gasteiger partial charge on any atom is 0.573 e. The third-order valence-corrected chi connectivity index (χ3v) is 4.45. The lowest BCUT2D eigenvalue weighted by atomic mass is 10.1. The zero-order chi connectivity index (χ0) is 20.6. The Morgan fingerprint density at radius 3 is 2.66 bits per heavy atom. The number of benzene rings is 1. The van der Waals surface area contributed by atoms with Crippen molar-refractivity contribution in [1.82, 2.24) is 19.7 Å². The number of anilines is 1. The fourth-order valence-corrected chi connectivity index (χ4v) is 3.28. The van der Waals surface area contributed by atoms with E-state index in [1.54, 1.807) is 6.07 Å². The highest BCUT2D eigenvalue weighted by atomic mass is 19.4. The summed E-state index contributed by atoms with van der Waals surface area (Å²) in [7, 11) is 0. The van der Waals surface area contributed by atoms with E-state index in [1.807, 2.05) is 4.90 Å². The maximum absolute atomic E-state index is 12.9. The number of fused-ring (bicyclic) bond motifs is 1. The standard InChI is InChI=1S/C17H16F3N5O4/c18-17(19,20)29-14-7-12-11(6-13(14)24-4-2-1-3-5-24)22-15(23-12)25-9-10(8-21-25)28-16(26)27/h6-9H,1-5H2,(H,22,23)(H,26,27). The number of aromatic amines is 1. The number of H-pyrrole nitrogens is 1. The second-order valence-corrected chi connectivity index (χ2v) is 6.48. The molecule has 0 saturated carbocycles. The minimum absolute atomic E-state index is 0.0203. The smallest absolute Gasteiger partial charge is 0.449 e. The maximum atomic E-state index is 12.9. The van der Waals surface area contributed by atoms with Crippen LogP contribution in [0.3, 0.4) is 0 Å². The Bertz CT molecular complexity index is 1040. The van der Waals surface area contributed by atoms with Crippen LogP contribution in [-0.4, -0.2) is 50.5 Å². The van der Waals surface area contributed by atoms with Gasteiger partial charge in [-0.1, -0.05) is 0 Å². The zero-order valence-corrected chi connectivity index (χ0v) is 14.9. The van der Waals surface area contributed by atoms with Crippen LogP contribution in [0.5, 0.6) is 11.5 Å². The molecule has 9 nitrogen and oxygen atoms in total. The molecule has 2 aromatic heterocycles. The molecule has 0 spiro atoms. The fraction of sp³-hybridized carbons (Fsp3) is 0.353. The van der Waals surface area contributed by atoms with Crippen molar-refractivity contribution in [3.63, 3.8) is 0 Å². The number of aromatic nitrogens is 4. The summed E-state index contributed by atoms with van der Waals surface area (Å²) in [5, 5.41) is 12.6. The van der Waals surface area contributed by atoms with Gasteiger partial charge < -0.3 is 24.5 Å². The zero-order valence-electron chi connectivity index (χ0n) is 14.9. The van der Waals surface area contributed by atoms with Gasteiger partial charge in [-0.15, -0.1) is 13.2 Å². The van der Waals surface area contributed by atoms with Gasteiger partial charge in [-0.2, -0.15) is 5.10 Å². The second-order valence-electron chi connectivity index (χ2n) is 6.48. The summed E-state index contributed by atoms with van der Waals surface area (Å²) in [5.41, 5.74) is 1.06. The number of ether oxygens (including phenoxy) is 2. The van der Waals surface area contributed by atoms with Gasteiger partial charge in [0.1, 0.15) is 0 Å². The number of carbonyl (C=O) groups is 1. The van der Waals surface area contributed by atoms with Gasteiger partial charge in [-0.25, -0.2) is 14.5 Å². The van der Waals surface area contributed by atoms with Crippen LogP contribution < -0.4 is 14.4 Å². The summed E-state index contributed by atoms with van der Waals surface area (Å²) in [6.07, 6.45) is -1.06. The normalized spacial score (nSPS) is 14.9. The molecule has 1 fully saturated rings. The molecule has 1 aliphatic rings. The predicted octanol–water partition coefficient (Wildman–Crippen LogP) is 3.69. The van der Waals surface area contributed by atoms with E-state index in [0.717, 1.165) is 19.3 Å². The van der Waals surface area contributed by atoms with E-state index in [0.29, 0.717) is 29.8 Å². The molecule has 0 amide bonds. The fourth-order valence-electron chi connectivity index (χ4n) is 3.28. The summed E-state index contributed by atoms with van der Waals surface area (Å²) < 4.78 is 48.8. The van der Waals surface area contributed by atoms with E-state index in [2.05, 4.69) is 24.5 Å². The first kappa shape index (κ1) is 18.9. The first-order chi connectivity index (χ1) is 13.8. The average Bonchev–Trinajstić information content (AvgIpc) is 3.26. The van der Waals surface area contributed by atoms with Crippen molar-refractivity contribution < 1.29 is 32.5 Å². The van der Waals surface area contributed by atoms with Crippen LogP contribution in [0.2, 0.25) is 0 Å². The molecule has 1 aromatic carbocycles. The van der Waals surface area contributed by atoms with E-state index in [9.17, 15) is 18.0 Å². The van der Waals surface area contributed by atoms with E-state index in [-0.39, 0.29) is 17.4 Å². The molecule has 29 heavy (non-hydrogen) atoms. The molecular formula is C17H16F3N5O4. The predicted molar refractivity (Wildman–Crippen MR) is 94.6 cm³/mol. The van der Waals surface area contributed by atoms with Gasteiger partial charge in [-0.3, -0.25) is 0 Å². The largest absolute Gasteiger partial charge is 0.573 e. The Labute approximate surface area is 161 Å². The van der Waals surface area contributed by atoms with Crippen LogP contribution in [0, 0.1) is 0 Å². The lowest BCUT2D eigenvalue weighted by molar-refractivity contribution is -0.274. The van der Waals surface area contributed by atoms with E-state index in [4.69, 9.17) is 5.11 Å². The van der Waals surface area contributed by atoms with Crippen LogP contribution in [0.25, 0.3) is 17.0 Å². The highest BCUT2D eigenvalue weighted by Crippen LogP contribution is 2.37. The van der Waals surface area contributed by atoms with Gasteiger partial charge in [0.2, 0.25) is 5.95 Å². The van der Waals surface area contributed by atoms with E-state index < -0.39 is 12.5 Å². The topological polar surface area (TPSA) is 106 Å². The molecule has 0 bridgehead atoms. The lowest BCUT2D eigenvalue weighted by Crippen LogP contribution is -2.30. The Hall–Kier alpha value is -3.44. The van der Waals surface area contributed by atoms with Crippen molar-refractivity contribution in [3.05, 3.63) is 24.5 Å². The molecule has 0 radical (unpaired) electrons. The number of nitrogens with one attached hydrogen (secondary N) is 1. The Morgan fingerprint density at radius 1 is 1.21 bits per heavy atom. The highest BCUT2D eigenvalue weighted by molar-refractivity contribution is 5.84. The molecule has 3 aromatic rings. The number of alkyl halides is 3. The van der Waals surface area contributed by atoms with Gasteiger partial charge in [0.05, 0.1) is 29.1 Å². The van der Waals surface area contributed by atoms with Crippen LogP contribution in [0.4, 0.5) is 23.7 Å². The Kier molecular flexibility index (Phi) is 4.68. The number of piperidine rings is 1. The molecule has 0 unspecified atom stereocenters. The van der Waals surface area contributed by atoms with Gasteiger partial charge >= 0.3 is 12.5 Å². The highest BCUT2D eigenvalue weighted by Gasteiger charge is 2.33. The summed E-state index contributed by atoms with van der Waals surface area (Å²) in [6.45, 7) is 1.26.